The number of fused-ring (bicyclic) bond motifs is 10. The van der Waals surface area contributed by atoms with Gasteiger partial charge in [-0.05, 0) is 17.9 Å². The zero-order chi connectivity index (χ0) is 18.3. The van der Waals surface area contributed by atoms with Crippen LogP contribution in [-0.4, -0.2) is 42.7 Å². The van der Waals surface area contributed by atoms with Crippen LogP contribution >= 0.6 is 0 Å². The van der Waals surface area contributed by atoms with Crippen molar-refractivity contribution in [2.24, 2.45) is 11.8 Å². The summed E-state index contributed by atoms with van der Waals surface area (Å²) >= 11 is 0. The minimum Gasteiger partial charge on any atom is -0.353 e. The number of carbonyl (C=O) groups is 2. The maximum Gasteiger partial charge on any atom is 0.218 e. The van der Waals surface area contributed by atoms with E-state index in [0.29, 0.717) is 6.61 Å². The van der Waals surface area contributed by atoms with Crippen molar-refractivity contribution in [3.8, 4) is 0 Å². The van der Waals surface area contributed by atoms with Crippen molar-refractivity contribution in [2.75, 3.05) is 11.5 Å². The van der Waals surface area contributed by atoms with Crippen molar-refractivity contribution < 1.29 is 19.1 Å². The van der Waals surface area contributed by atoms with Crippen LogP contribution in [0.15, 0.2) is 42.5 Å². The number of rotatable bonds is 1. The quantitative estimate of drug-likeness (QED) is 0.781. The molecule has 3 fully saturated rings. The second-order valence-electron chi connectivity index (χ2n) is 7.88. The maximum atomic E-state index is 13.0. The lowest BCUT2D eigenvalue weighted by molar-refractivity contribution is -0.164. The second kappa shape index (κ2) is 5.27. The number of nitrogens with zero attached hydrogens (tertiary/aromatic N) is 1. The molecule has 5 nitrogen and oxygen atoms in total. The van der Waals surface area contributed by atoms with Crippen LogP contribution in [0.25, 0.3) is 16.8 Å². The molecule has 4 heterocycles. The van der Waals surface area contributed by atoms with Crippen molar-refractivity contribution >= 4 is 34.1 Å². The highest BCUT2D eigenvalue weighted by Gasteiger charge is 2.63. The molecule has 2 bridgehead atoms. The molecule has 136 valence electrons. The summed E-state index contributed by atoms with van der Waals surface area (Å²) in [6, 6.07) is 11.9. The molecule has 2 aromatic carbocycles. The summed E-state index contributed by atoms with van der Waals surface area (Å²) in [4.78, 5) is 28.0. The molecule has 4 aliphatic heterocycles. The Bertz CT molecular complexity index is 1030. The van der Waals surface area contributed by atoms with Crippen molar-refractivity contribution in [1.29, 1.82) is 0 Å². The number of ether oxygens (including phenoxy) is 2. The van der Waals surface area contributed by atoms with Crippen LogP contribution in [0.4, 0.5) is 5.69 Å². The molecule has 6 atom stereocenters. The summed E-state index contributed by atoms with van der Waals surface area (Å²) < 4.78 is 11.4. The summed E-state index contributed by atoms with van der Waals surface area (Å²) in [6.45, 7) is 2.01. The highest BCUT2D eigenvalue weighted by Crippen LogP contribution is 2.51. The van der Waals surface area contributed by atoms with Gasteiger partial charge in [-0.3, -0.25) is 9.59 Å². The fourth-order valence-corrected chi connectivity index (χ4v) is 5.55. The highest BCUT2D eigenvalue weighted by atomic mass is 16.7. The summed E-state index contributed by atoms with van der Waals surface area (Å²) in [7, 11) is 0. The van der Waals surface area contributed by atoms with Gasteiger partial charge in [0.1, 0.15) is 0 Å². The molecule has 6 unspecified atom stereocenters. The zero-order valence-electron chi connectivity index (χ0n) is 14.9. The maximum absolute atomic E-state index is 13.0. The van der Waals surface area contributed by atoms with Gasteiger partial charge in [-0.25, -0.2) is 0 Å². The Morgan fingerprint density at radius 3 is 2.89 bits per heavy atom. The van der Waals surface area contributed by atoms with Crippen molar-refractivity contribution in [3.63, 3.8) is 0 Å². The fourth-order valence-electron chi connectivity index (χ4n) is 5.55. The lowest BCUT2D eigenvalue weighted by Crippen LogP contribution is -2.48. The number of anilines is 1. The van der Waals surface area contributed by atoms with Crippen LogP contribution in [0.2, 0.25) is 0 Å². The first-order valence-electron chi connectivity index (χ1n) is 9.45. The van der Waals surface area contributed by atoms with E-state index in [1.54, 1.807) is 6.92 Å². The SMILES string of the molecule is CC(=O)C1C2C3COC(O3)C(=O)C2C2C=Cc3ccc4ccccc4c3N21. The Kier molecular flexibility index (Phi) is 3.04. The molecule has 0 spiro atoms. The van der Waals surface area contributed by atoms with Crippen molar-refractivity contribution in [3.05, 3.63) is 48.0 Å². The number of carbonyl (C=O) groups excluding carboxylic acids is 2. The van der Waals surface area contributed by atoms with Crippen molar-refractivity contribution in [1.82, 2.24) is 0 Å². The first-order chi connectivity index (χ1) is 13.1. The van der Waals surface area contributed by atoms with Gasteiger partial charge >= 0.3 is 0 Å². The van der Waals surface area contributed by atoms with Gasteiger partial charge in [0.15, 0.2) is 11.6 Å². The topological polar surface area (TPSA) is 55.8 Å². The van der Waals surface area contributed by atoms with Gasteiger partial charge in [-0.2, -0.15) is 0 Å². The number of benzene rings is 2. The first kappa shape index (κ1) is 15.5. The van der Waals surface area contributed by atoms with Crippen molar-refractivity contribution in [2.45, 2.75) is 31.4 Å². The third-order valence-corrected chi connectivity index (χ3v) is 6.55. The summed E-state index contributed by atoms with van der Waals surface area (Å²) in [5.41, 5.74) is 2.14. The molecule has 0 amide bonds. The van der Waals surface area contributed by atoms with Gasteiger partial charge in [0.05, 0.1) is 36.4 Å². The minimum absolute atomic E-state index is 0.0270. The molecule has 3 saturated heterocycles. The minimum atomic E-state index is -0.772. The van der Waals surface area contributed by atoms with Gasteiger partial charge < -0.3 is 14.4 Å². The number of ketones is 2. The summed E-state index contributed by atoms with van der Waals surface area (Å²) in [5, 5.41) is 2.25. The standard InChI is InChI=1S/C22H19NO4/c1-11(24)19-18-16-10-26-22(27-16)21(25)17(18)15-9-8-13-7-6-12-4-2-3-5-14(12)20(13)23(15)19/h2-9,15-19,22H,10H2,1H3. The zero-order valence-corrected chi connectivity index (χ0v) is 14.9. The van der Waals surface area contributed by atoms with E-state index in [0.717, 1.165) is 22.0 Å². The molecular formula is C22H19NO4. The summed E-state index contributed by atoms with van der Waals surface area (Å²) in [6.07, 6.45) is 3.20. The average Bonchev–Trinajstić information content (AvgIpc) is 3.26. The molecule has 6 rings (SSSR count). The Morgan fingerprint density at radius 2 is 2.04 bits per heavy atom. The van der Waals surface area contributed by atoms with Gasteiger partial charge in [-0.1, -0.05) is 48.6 Å². The fraction of sp³-hybridized carbons (Fsp3) is 0.364. The largest absolute Gasteiger partial charge is 0.353 e. The van der Waals surface area contributed by atoms with Crippen LogP contribution in [0.3, 0.4) is 0 Å². The highest BCUT2D eigenvalue weighted by molar-refractivity contribution is 6.04. The molecular weight excluding hydrogens is 342 g/mol. The number of Topliss-reactive ketones (excluding diaryl/α,β-unsaturated/α-hetero) is 2. The van der Waals surface area contributed by atoms with Crippen LogP contribution in [0.5, 0.6) is 0 Å². The molecule has 5 heteroatoms. The van der Waals surface area contributed by atoms with Gasteiger partial charge in [0.25, 0.3) is 0 Å². The van der Waals surface area contributed by atoms with Gasteiger partial charge in [0, 0.05) is 11.3 Å². The molecule has 4 aliphatic rings. The van der Waals surface area contributed by atoms with E-state index >= 15 is 0 Å². The molecule has 2 aromatic rings. The second-order valence-corrected chi connectivity index (χ2v) is 7.88. The molecule has 0 saturated carbocycles. The molecule has 0 aliphatic carbocycles. The van der Waals surface area contributed by atoms with E-state index < -0.39 is 6.29 Å². The molecule has 0 aromatic heterocycles. The normalized spacial score (nSPS) is 35.9. The Hall–Kier alpha value is -2.50. The molecule has 27 heavy (non-hydrogen) atoms. The predicted octanol–water partition coefficient (Wildman–Crippen LogP) is 2.57. The smallest absolute Gasteiger partial charge is 0.218 e. The van der Waals surface area contributed by atoms with Crippen LogP contribution in [0.1, 0.15) is 12.5 Å². The molecule has 0 radical (unpaired) electrons. The van der Waals surface area contributed by atoms with E-state index in [9.17, 15) is 9.59 Å². The third kappa shape index (κ3) is 1.91. The lowest BCUT2D eigenvalue weighted by Gasteiger charge is -2.36. The third-order valence-electron chi connectivity index (χ3n) is 6.55. The number of hydrogen-bond donors (Lipinski definition) is 0. The predicted molar refractivity (Wildman–Crippen MR) is 100 cm³/mol. The van der Waals surface area contributed by atoms with Gasteiger partial charge in [-0.15, -0.1) is 0 Å². The monoisotopic (exact) mass is 361 g/mol. The van der Waals surface area contributed by atoms with E-state index in [1.165, 1.54) is 0 Å². The Labute approximate surface area is 156 Å². The van der Waals surface area contributed by atoms with E-state index in [4.69, 9.17) is 9.47 Å². The van der Waals surface area contributed by atoms with Crippen LogP contribution in [-0.2, 0) is 19.1 Å². The molecule has 0 N–H and O–H groups in total. The first-order valence-corrected chi connectivity index (χ1v) is 9.45. The number of hydrogen-bond acceptors (Lipinski definition) is 5. The van der Waals surface area contributed by atoms with Gasteiger partial charge in [0.2, 0.25) is 6.29 Å². The lowest BCUT2D eigenvalue weighted by atomic mass is 9.78. The Morgan fingerprint density at radius 1 is 1.19 bits per heavy atom. The average molecular weight is 361 g/mol. The van der Waals surface area contributed by atoms with E-state index in [-0.39, 0.29) is 41.6 Å². The van der Waals surface area contributed by atoms with E-state index in [1.807, 2.05) is 12.1 Å². The van der Waals surface area contributed by atoms with Crippen LogP contribution in [0, 0.1) is 11.8 Å². The Balaban J connectivity index is 1.61. The van der Waals surface area contributed by atoms with E-state index in [2.05, 4.69) is 41.3 Å². The summed E-state index contributed by atoms with van der Waals surface area (Å²) in [5.74, 6) is -0.397. The van der Waals surface area contributed by atoms with Crippen LogP contribution < -0.4 is 4.90 Å².